The maximum absolute atomic E-state index is 12.1. The average Bonchev–Trinajstić information content (AvgIpc) is 1.80. The summed E-state index contributed by atoms with van der Waals surface area (Å²) >= 11 is -0.111. The number of nitrogens with two attached hydrogens (primary N) is 1. The molecule has 0 atom stereocenters. The number of ether oxygens (including phenoxy) is 1. The van der Waals surface area contributed by atoms with E-state index in [0.29, 0.717) is 0 Å². The molecular weight excluding hydrogens is 335 g/mol. The van der Waals surface area contributed by atoms with Crippen LogP contribution in [0.4, 0.5) is 26.3 Å². The predicted molar refractivity (Wildman–Crippen MR) is 39.1 cm³/mol. The molecule has 0 radical (unpaired) electrons. The number of halogens is 7. The molecule has 0 unspecified atom stereocenters. The quantitative estimate of drug-likeness (QED) is 0.482. The topological polar surface area (TPSA) is 52.3 Å². The van der Waals surface area contributed by atoms with Gasteiger partial charge in [0.25, 0.3) is 0 Å². The van der Waals surface area contributed by atoms with Crippen LogP contribution < -0.4 is 5.73 Å². The molecule has 0 fully saturated rings. The second-order valence-corrected chi connectivity index (χ2v) is 3.35. The SMILES string of the molecule is NC(=O)C(F)(F)OC(F)(F)C(F)(F)I. The first-order chi connectivity index (χ1) is 5.90. The molecule has 1 amide bonds. The van der Waals surface area contributed by atoms with E-state index in [0.717, 1.165) is 0 Å². The van der Waals surface area contributed by atoms with Crippen molar-refractivity contribution in [2.24, 2.45) is 5.73 Å². The summed E-state index contributed by atoms with van der Waals surface area (Å²) in [4.78, 5) is 9.79. The monoisotopic (exact) mass is 337 g/mol. The zero-order valence-electron chi connectivity index (χ0n) is 6.04. The van der Waals surface area contributed by atoms with Crippen LogP contribution in [0.15, 0.2) is 0 Å². The minimum absolute atomic E-state index is 0.111. The van der Waals surface area contributed by atoms with Gasteiger partial charge in [-0.15, -0.1) is 0 Å². The molecule has 0 spiro atoms. The van der Waals surface area contributed by atoms with Crippen molar-refractivity contribution >= 4 is 28.5 Å². The molecule has 0 aliphatic heterocycles. The van der Waals surface area contributed by atoms with Crippen LogP contribution >= 0.6 is 22.6 Å². The Kier molecular flexibility index (Phi) is 3.65. The zero-order valence-corrected chi connectivity index (χ0v) is 8.20. The van der Waals surface area contributed by atoms with Gasteiger partial charge >= 0.3 is 22.1 Å². The Morgan fingerprint density at radius 1 is 1.14 bits per heavy atom. The Hall–Kier alpha value is -0.260. The highest BCUT2D eigenvalue weighted by Gasteiger charge is 2.62. The van der Waals surface area contributed by atoms with Crippen LogP contribution in [-0.2, 0) is 9.53 Å². The fraction of sp³-hybridized carbons (Fsp3) is 0.750. The van der Waals surface area contributed by atoms with Gasteiger partial charge in [-0.1, -0.05) is 0 Å². The smallest absolute Gasteiger partial charge is 0.362 e. The van der Waals surface area contributed by atoms with Gasteiger partial charge in [-0.3, -0.25) is 4.79 Å². The van der Waals surface area contributed by atoms with Crippen LogP contribution in [0.2, 0.25) is 0 Å². The van der Waals surface area contributed by atoms with E-state index < -0.39 is 22.1 Å². The van der Waals surface area contributed by atoms with E-state index in [4.69, 9.17) is 0 Å². The summed E-state index contributed by atoms with van der Waals surface area (Å²) in [5.74, 6) is -2.59. The van der Waals surface area contributed by atoms with Crippen molar-refractivity contribution in [3.05, 3.63) is 0 Å². The molecule has 0 aliphatic rings. The van der Waals surface area contributed by atoms with E-state index in [1.54, 1.807) is 0 Å². The van der Waals surface area contributed by atoms with Gasteiger partial charge in [0.15, 0.2) is 0 Å². The zero-order chi connectivity index (χ0) is 11.8. The molecule has 2 N–H and O–H groups in total. The lowest BCUT2D eigenvalue weighted by molar-refractivity contribution is -0.393. The molecule has 84 valence electrons. The highest BCUT2D eigenvalue weighted by molar-refractivity contribution is 14.1. The van der Waals surface area contributed by atoms with Crippen LogP contribution in [0, 0.1) is 0 Å². The van der Waals surface area contributed by atoms with E-state index >= 15 is 0 Å². The van der Waals surface area contributed by atoms with Gasteiger partial charge in [0.05, 0.1) is 0 Å². The highest BCUT2D eigenvalue weighted by Crippen LogP contribution is 2.43. The molecule has 0 saturated carbocycles. The third-order valence-corrected chi connectivity index (χ3v) is 1.50. The molecule has 14 heavy (non-hydrogen) atoms. The Morgan fingerprint density at radius 3 is 1.71 bits per heavy atom. The molecule has 0 bridgehead atoms. The summed E-state index contributed by atoms with van der Waals surface area (Å²) < 4.78 is 69.7. The van der Waals surface area contributed by atoms with E-state index in [1.807, 2.05) is 0 Å². The number of carbonyl (C=O) groups is 1. The normalized spacial score (nSPS) is 14.2. The van der Waals surface area contributed by atoms with Gasteiger partial charge in [-0.2, -0.15) is 26.3 Å². The van der Waals surface area contributed by atoms with Crippen molar-refractivity contribution < 1.29 is 35.9 Å². The van der Waals surface area contributed by atoms with Crippen molar-refractivity contribution in [2.75, 3.05) is 0 Å². The number of amides is 1. The van der Waals surface area contributed by atoms with E-state index in [1.165, 1.54) is 0 Å². The standard InChI is InChI=1S/C4H2F6INO2/c5-2(6,1(12)13)14-4(9,10)3(7,8)11/h(H2,12,13). The first-order valence-corrected chi connectivity index (χ1v) is 3.80. The minimum Gasteiger partial charge on any atom is -0.362 e. The molecule has 3 nitrogen and oxygen atoms in total. The van der Waals surface area contributed by atoms with Crippen LogP contribution in [0.5, 0.6) is 0 Å². The molecule has 0 saturated heterocycles. The second kappa shape index (κ2) is 3.72. The summed E-state index contributed by atoms with van der Waals surface area (Å²) in [7, 11) is 0. The number of carbonyl (C=O) groups excluding carboxylic acids is 1. The molecule has 10 heteroatoms. The number of hydrogen-bond acceptors (Lipinski definition) is 2. The van der Waals surface area contributed by atoms with Crippen LogP contribution in [0.3, 0.4) is 0 Å². The molecule has 0 heterocycles. The number of rotatable bonds is 4. The molecule has 0 aromatic rings. The predicted octanol–water partition coefficient (Wildman–Crippen LogP) is 1.70. The third-order valence-electron chi connectivity index (χ3n) is 0.873. The van der Waals surface area contributed by atoms with Crippen molar-refractivity contribution in [3.8, 4) is 0 Å². The number of alkyl halides is 7. The maximum Gasteiger partial charge on any atom is 0.440 e. The first-order valence-electron chi connectivity index (χ1n) is 2.72. The first kappa shape index (κ1) is 13.7. The Labute approximate surface area is 86.7 Å². The molecule has 0 rings (SSSR count). The van der Waals surface area contributed by atoms with Crippen LogP contribution in [0.1, 0.15) is 0 Å². The second-order valence-electron chi connectivity index (χ2n) is 2.00. The van der Waals surface area contributed by atoms with E-state index in [-0.39, 0.29) is 22.6 Å². The van der Waals surface area contributed by atoms with Crippen molar-refractivity contribution in [3.63, 3.8) is 0 Å². The molecular formula is C4H2F6INO2. The lowest BCUT2D eigenvalue weighted by Gasteiger charge is -2.24. The molecule has 0 aromatic heterocycles. The van der Waals surface area contributed by atoms with Crippen LogP contribution in [-0.4, -0.2) is 22.1 Å². The maximum atomic E-state index is 12.1. The number of hydrogen-bond donors (Lipinski definition) is 1. The van der Waals surface area contributed by atoms with Gasteiger partial charge in [-0.25, -0.2) is 4.74 Å². The van der Waals surface area contributed by atoms with E-state index in [9.17, 15) is 31.1 Å². The average molecular weight is 337 g/mol. The van der Waals surface area contributed by atoms with Crippen LogP contribution in [0.25, 0.3) is 0 Å². The summed E-state index contributed by atoms with van der Waals surface area (Å²) in [5, 5.41) is 0. The van der Waals surface area contributed by atoms with Crippen molar-refractivity contribution in [2.45, 2.75) is 16.1 Å². The Morgan fingerprint density at radius 2 is 1.50 bits per heavy atom. The fourth-order valence-electron chi connectivity index (χ4n) is 0.269. The highest BCUT2D eigenvalue weighted by atomic mass is 127. The summed E-state index contributed by atoms with van der Waals surface area (Å²) in [6.45, 7) is 0. The fourth-order valence-corrected chi connectivity index (χ4v) is 0.379. The lowest BCUT2D eigenvalue weighted by Crippen LogP contribution is -2.49. The van der Waals surface area contributed by atoms with Gasteiger partial charge in [-0.05, 0) is 0 Å². The van der Waals surface area contributed by atoms with Crippen molar-refractivity contribution in [1.29, 1.82) is 0 Å². The Bertz CT molecular complexity index is 238. The lowest BCUT2D eigenvalue weighted by atomic mass is 10.5. The third kappa shape index (κ3) is 3.15. The summed E-state index contributed by atoms with van der Waals surface area (Å²) in [6.07, 6.45) is -10.6. The minimum atomic E-state index is -5.49. The van der Waals surface area contributed by atoms with Gasteiger partial charge in [0.2, 0.25) is 0 Å². The summed E-state index contributed by atoms with van der Waals surface area (Å²) in [5.41, 5.74) is 3.93. The summed E-state index contributed by atoms with van der Waals surface area (Å²) in [6, 6.07) is 0. The van der Waals surface area contributed by atoms with Gasteiger partial charge < -0.3 is 5.73 Å². The molecule has 0 aliphatic carbocycles. The molecule has 0 aromatic carbocycles. The number of primary amides is 1. The Balaban J connectivity index is 4.76. The van der Waals surface area contributed by atoms with Crippen molar-refractivity contribution in [1.82, 2.24) is 0 Å². The van der Waals surface area contributed by atoms with Gasteiger partial charge in [0, 0.05) is 22.6 Å². The van der Waals surface area contributed by atoms with Gasteiger partial charge in [0.1, 0.15) is 0 Å². The largest absolute Gasteiger partial charge is 0.440 e. The van der Waals surface area contributed by atoms with E-state index in [2.05, 4.69) is 10.5 Å².